The van der Waals surface area contributed by atoms with Crippen molar-refractivity contribution in [1.82, 2.24) is 9.88 Å². The summed E-state index contributed by atoms with van der Waals surface area (Å²) in [5, 5.41) is 5.16. The highest BCUT2D eigenvalue weighted by Crippen LogP contribution is 2.26. The van der Waals surface area contributed by atoms with Crippen LogP contribution >= 0.6 is 0 Å². The average molecular weight is 400 g/mol. The molecule has 28 heavy (non-hydrogen) atoms. The third kappa shape index (κ3) is 4.49. The molecule has 148 valence electrons. The van der Waals surface area contributed by atoms with Gasteiger partial charge in [-0.3, -0.25) is 4.90 Å². The fourth-order valence-electron chi connectivity index (χ4n) is 3.14. The Hall–Kier alpha value is -2.48. The highest BCUT2D eigenvalue weighted by Gasteiger charge is 2.16. The number of aromatic nitrogens is 1. The third-order valence-electron chi connectivity index (χ3n) is 4.93. The van der Waals surface area contributed by atoms with E-state index in [0.717, 1.165) is 22.4 Å². The first-order chi connectivity index (χ1) is 13.1. The smallest absolute Gasteiger partial charge is 0.238 e. The third-order valence-corrected chi connectivity index (χ3v) is 5.86. The zero-order valence-electron chi connectivity index (χ0n) is 16.5. The molecule has 0 fully saturated rings. The van der Waals surface area contributed by atoms with E-state index in [1.54, 1.807) is 18.4 Å². The van der Waals surface area contributed by atoms with Gasteiger partial charge in [-0.2, -0.15) is 0 Å². The van der Waals surface area contributed by atoms with E-state index in [-0.39, 0.29) is 10.9 Å². The lowest BCUT2D eigenvalue weighted by Crippen LogP contribution is -2.22. The molecule has 2 N–H and O–H groups in total. The van der Waals surface area contributed by atoms with Crippen LogP contribution in [-0.2, 0) is 16.6 Å². The SMILES string of the molecule is Cc1ccc(-c2nc(CN(C)[C@H](C)c3ccc(S(N)(=O)=O)cc3)co2)c(C)c1. The van der Waals surface area contributed by atoms with Crippen molar-refractivity contribution in [2.24, 2.45) is 5.14 Å². The number of hydrogen-bond donors (Lipinski definition) is 1. The molecule has 7 heteroatoms. The Morgan fingerprint density at radius 2 is 1.82 bits per heavy atom. The normalized spacial score (nSPS) is 13.1. The molecule has 0 unspecified atom stereocenters. The van der Waals surface area contributed by atoms with Gasteiger partial charge in [0, 0.05) is 18.2 Å². The van der Waals surface area contributed by atoms with Crippen LogP contribution < -0.4 is 5.14 Å². The van der Waals surface area contributed by atoms with E-state index in [0.29, 0.717) is 12.4 Å². The lowest BCUT2D eigenvalue weighted by atomic mass is 10.1. The molecule has 1 heterocycles. The molecule has 0 radical (unpaired) electrons. The van der Waals surface area contributed by atoms with Crippen molar-refractivity contribution in [3.8, 4) is 11.5 Å². The van der Waals surface area contributed by atoms with Gasteiger partial charge in [0.25, 0.3) is 0 Å². The minimum atomic E-state index is -3.68. The molecule has 1 atom stereocenters. The molecule has 0 aliphatic heterocycles. The fraction of sp³-hybridized carbons (Fsp3) is 0.286. The monoisotopic (exact) mass is 399 g/mol. The van der Waals surface area contributed by atoms with Gasteiger partial charge >= 0.3 is 0 Å². The van der Waals surface area contributed by atoms with Crippen LogP contribution in [0.1, 0.15) is 35.3 Å². The van der Waals surface area contributed by atoms with Gasteiger partial charge in [-0.25, -0.2) is 18.5 Å². The number of aryl methyl sites for hydroxylation is 2. The van der Waals surface area contributed by atoms with Crippen molar-refractivity contribution in [3.63, 3.8) is 0 Å². The Balaban J connectivity index is 1.72. The summed E-state index contributed by atoms with van der Waals surface area (Å²) in [6.45, 7) is 6.76. The molecule has 6 nitrogen and oxygen atoms in total. The van der Waals surface area contributed by atoms with E-state index in [2.05, 4.69) is 29.8 Å². The molecule has 0 spiro atoms. The molecular formula is C21H25N3O3S. The van der Waals surface area contributed by atoms with Gasteiger partial charge in [-0.05, 0) is 57.1 Å². The summed E-state index contributed by atoms with van der Waals surface area (Å²) in [6.07, 6.45) is 1.68. The van der Waals surface area contributed by atoms with E-state index in [4.69, 9.17) is 9.56 Å². The van der Waals surface area contributed by atoms with Gasteiger partial charge in [-0.15, -0.1) is 0 Å². The Morgan fingerprint density at radius 1 is 1.14 bits per heavy atom. The Morgan fingerprint density at radius 3 is 2.43 bits per heavy atom. The standard InChI is InChI=1S/C21H25N3O3S/c1-14-5-10-20(15(2)11-14)21-23-18(13-27-21)12-24(4)16(3)17-6-8-19(9-7-17)28(22,25)26/h5-11,13,16H,12H2,1-4H3,(H2,22,25,26)/t16-/m1/s1. The first kappa shape index (κ1) is 20.3. The van der Waals surface area contributed by atoms with Gasteiger partial charge in [0.15, 0.2) is 0 Å². The Kier molecular flexibility index (Phi) is 5.69. The number of rotatable bonds is 6. The number of nitrogens with zero attached hydrogens (tertiary/aromatic N) is 2. The Bertz CT molecular complexity index is 1070. The summed E-state index contributed by atoms with van der Waals surface area (Å²) in [5.74, 6) is 0.617. The maximum absolute atomic E-state index is 11.4. The molecule has 0 amide bonds. The zero-order chi connectivity index (χ0) is 20.5. The van der Waals surface area contributed by atoms with Gasteiger partial charge < -0.3 is 4.42 Å². The average Bonchev–Trinajstić information content (AvgIpc) is 3.08. The van der Waals surface area contributed by atoms with Crippen molar-refractivity contribution in [1.29, 1.82) is 0 Å². The number of hydrogen-bond acceptors (Lipinski definition) is 5. The van der Waals surface area contributed by atoms with Gasteiger partial charge in [0.2, 0.25) is 15.9 Å². The minimum Gasteiger partial charge on any atom is -0.444 e. The molecule has 1 aromatic heterocycles. The van der Waals surface area contributed by atoms with Crippen molar-refractivity contribution < 1.29 is 12.8 Å². The Labute approximate surface area is 166 Å². The van der Waals surface area contributed by atoms with Crippen molar-refractivity contribution >= 4 is 10.0 Å². The minimum absolute atomic E-state index is 0.0655. The van der Waals surface area contributed by atoms with Crippen LogP contribution in [0.5, 0.6) is 0 Å². The highest BCUT2D eigenvalue weighted by molar-refractivity contribution is 7.89. The molecule has 3 aromatic rings. The lowest BCUT2D eigenvalue weighted by Gasteiger charge is -2.24. The van der Waals surface area contributed by atoms with Crippen LogP contribution in [0.3, 0.4) is 0 Å². The number of benzene rings is 2. The largest absolute Gasteiger partial charge is 0.444 e. The van der Waals surface area contributed by atoms with Crippen LogP contribution in [-0.4, -0.2) is 25.3 Å². The van der Waals surface area contributed by atoms with Crippen molar-refractivity contribution in [3.05, 3.63) is 71.1 Å². The second-order valence-corrected chi connectivity index (χ2v) is 8.73. The summed E-state index contributed by atoms with van der Waals surface area (Å²) >= 11 is 0. The summed E-state index contributed by atoms with van der Waals surface area (Å²) in [4.78, 5) is 6.86. The van der Waals surface area contributed by atoms with Crippen molar-refractivity contribution in [2.45, 2.75) is 38.3 Å². The number of nitrogens with two attached hydrogens (primary N) is 1. The van der Waals surface area contributed by atoms with Crippen LogP contribution in [0, 0.1) is 13.8 Å². The van der Waals surface area contributed by atoms with Crippen molar-refractivity contribution in [2.75, 3.05) is 7.05 Å². The van der Waals surface area contributed by atoms with Crippen LogP contribution in [0.15, 0.2) is 58.0 Å². The van der Waals surface area contributed by atoms with Crippen LogP contribution in [0.25, 0.3) is 11.5 Å². The number of sulfonamides is 1. The van der Waals surface area contributed by atoms with E-state index in [1.807, 2.05) is 26.1 Å². The second kappa shape index (κ2) is 7.87. The summed E-state index contributed by atoms with van der Waals surface area (Å²) in [7, 11) is -1.69. The predicted molar refractivity (Wildman–Crippen MR) is 109 cm³/mol. The molecule has 0 aliphatic rings. The number of primary sulfonamides is 1. The first-order valence-corrected chi connectivity index (χ1v) is 10.5. The van der Waals surface area contributed by atoms with E-state index < -0.39 is 10.0 Å². The fourth-order valence-corrected chi connectivity index (χ4v) is 3.66. The highest BCUT2D eigenvalue weighted by atomic mass is 32.2. The molecule has 0 saturated carbocycles. The van der Waals surface area contributed by atoms with E-state index >= 15 is 0 Å². The van der Waals surface area contributed by atoms with Gasteiger partial charge in [0.05, 0.1) is 10.6 Å². The summed E-state index contributed by atoms with van der Waals surface area (Å²) in [5.41, 5.74) is 5.16. The van der Waals surface area contributed by atoms with Crippen LogP contribution in [0.2, 0.25) is 0 Å². The van der Waals surface area contributed by atoms with Crippen LogP contribution in [0.4, 0.5) is 0 Å². The molecular weight excluding hydrogens is 374 g/mol. The number of oxazole rings is 1. The molecule has 0 bridgehead atoms. The van der Waals surface area contributed by atoms with Gasteiger partial charge in [0.1, 0.15) is 6.26 Å². The maximum Gasteiger partial charge on any atom is 0.238 e. The molecule has 0 aliphatic carbocycles. The van der Waals surface area contributed by atoms with E-state index in [9.17, 15) is 8.42 Å². The second-order valence-electron chi connectivity index (χ2n) is 7.17. The van der Waals surface area contributed by atoms with Gasteiger partial charge in [-0.1, -0.05) is 29.8 Å². The zero-order valence-corrected chi connectivity index (χ0v) is 17.3. The van der Waals surface area contributed by atoms with E-state index in [1.165, 1.54) is 17.7 Å². The summed E-state index contributed by atoms with van der Waals surface area (Å²) < 4.78 is 28.5. The topological polar surface area (TPSA) is 89.4 Å². The summed E-state index contributed by atoms with van der Waals surface area (Å²) in [6, 6.07) is 12.9. The predicted octanol–water partition coefficient (Wildman–Crippen LogP) is 3.80. The molecule has 0 saturated heterocycles. The maximum atomic E-state index is 11.4. The molecule has 2 aromatic carbocycles. The molecule has 3 rings (SSSR count). The first-order valence-electron chi connectivity index (χ1n) is 9.00. The quantitative estimate of drug-likeness (QED) is 0.681. The lowest BCUT2D eigenvalue weighted by molar-refractivity contribution is 0.250.